The molecule has 1 amide bonds. The Hall–Kier alpha value is -1.42. The zero-order valence-electron chi connectivity index (χ0n) is 12.9. The summed E-state index contributed by atoms with van der Waals surface area (Å²) in [6.07, 6.45) is 3.75. The molecule has 1 saturated carbocycles. The van der Waals surface area contributed by atoms with E-state index >= 15 is 0 Å². The molecule has 1 aliphatic rings. The van der Waals surface area contributed by atoms with Gasteiger partial charge in [0.05, 0.1) is 0 Å². The summed E-state index contributed by atoms with van der Waals surface area (Å²) in [6.45, 7) is 4.64. The van der Waals surface area contributed by atoms with Crippen LogP contribution >= 0.6 is 0 Å². The Labute approximate surface area is 126 Å². The van der Waals surface area contributed by atoms with E-state index < -0.39 is 0 Å². The highest BCUT2D eigenvalue weighted by Gasteiger charge is 2.27. The molecule has 0 saturated heterocycles. The molecule has 3 N–H and O–H groups in total. The Kier molecular flexibility index (Phi) is 4.99. The van der Waals surface area contributed by atoms with E-state index in [4.69, 9.17) is 5.73 Å². The van der Waals surface area contributed by atoms with Crippen LogP contribution in [-0.4, -0.2) is 18.5 Å². The van der Waals surface area contributed by atoms with Gasteiger partial charge in [0, 0.05) is 23.9 Å². The number of hydrogen-bond donors (Lipinski definition) is 2. The van der Waals surface area contributed by atoms with Crippen LogP contribution in [0.2, 0.25) is 0 Å². The Balaban J connectivity index is 1.91. The first-order valence-corrected chi connectivity index (χ1v) is 7.68. The fourth-order valence-electron chi connectivity index (χ4n) is 2.92. The van der Waals surface area contributed by atoms with Crippen molar-refractivity contribution in [2.24, 2.45) is 11.7 Å². The van der Waals surface area contributed by atoms with Crippen molar-refractivity contribution in [3.63, 3.8) is 0 Å². The molecule has 0 aromatic heterocycles. The number of carbonyl (C=O) groups is 1. The van der Waals surface area contributed by atoms with E-state index in [0.29, 0.717) is 6.54 Å². The zero-order valence-corrected chi connectivity index (χ0v) is 12.9. The minimum absolute atomic E-state index is 0.0396. The Morgan fingerprint density at radius 1 is 1.33 bits per heavy atom. The van der Waals surface area contributed by atoms with Gasteiger partial charge in [-0.2, -0.15) is 0 Å². The Morgan fingerprint density at radius 2 is 2.00 bits per heavy atom. The molecular weight excluding hydrogens is 267 g/mol. The van der Waals surface area contributed by atoms with Gasteiger partial charge in [0.15, 0.2) is 0 Å². The highest BCUT2D eigenvalue weighted by Crippen LogP contribution is 2.25. The molecule has 1 aromatic rings. The van der Waals surface area contributed by atoms with Crippen LogP contribution in [0.1, 0.15) is 45.1 Å². The molecular formula is C17H25FN2O. The van der Waals surface area contributed by atoms with E-state index in [-0.39, 0.29) is 29.1 Å². The first kappa shape index (κ1) is 16.0. The van der Waals surface area contributed by atoms with Crippen LogP contribution in [0.25, 0.3) is 0 Å². The van der Waals surface area contributed by atoms with Crippen molar-refractivity contribution in [3.05, 3.63) is 35.6 Å². The average molecular weight is 292 g/mol. The van der Waals surface area contributed by atoms with Crippen LogP contribution < -0.4 is 11.1 Å². The first-order chi connectivity index (χ1) is 9.88. The third-order valence-corrected chi connectivity index (χ3v) is 4.42. The summed E-state index contributed by atoms with van der Waals surface area (Å²) in [5.41, 5.74) is 6.73. The summed E-state index contributed by atoms with van der Waals surface area (Å²) < 4.78 is 13.0. The normalized spacial score (nSPS) is 22.9. The third-order valence-electron chi connectivity index (χ3n) is 4.42. The monoisotopic (exact) mass is 292 g/mol. The molecule has 21 heavy (non-hydrogen) atoms. The number of hydrogen-bond acceptors (Lipinski definition) is 2. The molecule has 2 rings (SSSR count). The van der Waals surface area contributed by atoms with E-state index in [1.54, 1.807) is 12.1 Å². The van der Waals surface area contributed by atoms with Crippen molar-refractivity contribution >= 4 is 5.91 Å². The number of amides is 1. The molecule has 3 nitrogen and oxygen atoms in total. The van der Waals surface area contributed by atoms with Gasteiger partial charge in [-0.15, -0.1) is 0 Å². The molecule has 116 valence electrons. The van der Waals surface area contributed by atoms with Gasteiger partial charge < -0.3 is 11.1 Å². The Morgan fingerprint density at radius 3 is 2.62 bits per heavy atom. The lowest BCUT2D eigenvalue weighted by atomic mass is 9.83. The van der Waals surface area contributed by atoms with Gasteiger partial charge in [-0.1, -0.05) is 32.4 Å². The van der Waals surface area contributed by atoms with Gasteiger partial charge >= 0.3 is 0 Å². The SMILES string of the molecule is CC(C)(CNC(=O)C1CCCC(N)C1)c1ccc(F)cc1. The summed E-state index contributed by atoms with van der Waals surface area (Å²) >= 11 is 0. The predicted octanol–water partition coefficient (Wildman–Crippen LogP) is 2.74. The van der Waals surface area contributed by atoms with Crippen molar-refractivity contribution in [2.45, 2.75) is 51.0 Å². The lowest BCUT2D eigenvalue weighted by Crippen LogP contribution is -2.42. The molecule has 1 aliphatic carbocycles. The van der Waals surface area contributed by atoms with Crippen LogP contribution in [-0.2, 0) is 10.2 Å². The number of halogens is 1. The van der Waals surface area contributed by atoms with Crippen LogP contribution in [0.5, 0.6) is 0 Å². The smallest absolute Gasteiger partial charge is 0.223 e. The lowest BCUT2D eigenvalue weighted by molar-refractivity contribution is -0.126. The summed E-state index contributed by atoms with van der Waals surface area (Å²) in [7, 11) is 0. The van der Waals surface area contributed by atoms with Crippen molar-refractivity contribution in [2.75, 3.05) is 6.54 Å². The maximum atomic E-state index is 13.0. The molecule has 0 radical (unpaired) electrons. The van der Waals surface area contributed by atoms with Crippen molar-refractivity contribution in [1.29, 1.82) is 0 Å². The minimum atomic E-state index is -0.241. The highest BCUT2D eigenvalue weighted by atomic mass is 19.1. The number of nitrogens with one attached hydrogen (secondary N) is 1. The minimum Gasteiger partial charge on any atom is -0.355 e. The number of carbonyl (C=O) groups excluding carboxylic acids is 1. The molecule has 2 atom stereocenters. The molecule has 0 bridgehead atoms. The van der Waals surface area contributed by atoms with Gasteiger partial charge in [-0.05, 0) is 37.0 Å². The van der Waals surface area contributed by atoms with Gasteiger partial charge in [0.25, 0.3) is 0 Å². The second kappa shape index (κ2) is 6.56. The third kappa shape index (κ3) is 4.27. The predicted molar refractivity (Wildman–Crippen MR) is 82.4 cm³/mol. The van der Waals surface area contributed by atoms with Gasteiger partial charge in [0.1, 0.15) is 5.82 Å². The highest BCUT2D eigenvalue weighted by molar-refractivity contribution is 5.78. The van der Waals surface area contributed by atoms with Gasteiger partial charge in [0.2, 0.25) is 5.91 Å². The number of rotatable bonds is 4. The summed E-state index contributed by atoms with van der Waals surface area (Å²) in [5, 5.41) is 3.04. The largest absolute Gasteiger partial charge is 0.355 e. The molecule has 0 heterocycles. The summed E-state index contributed by atoms with van der Waals surface area (Å²) in [5.74, 6) is -0.104. The standard InChI is InChI=1S/C17H25FN2O/c1-17(2,13-6-8-14(18)9-7-13)11-20-16(21)12-4-3-5-15(19)10-12/h6-9,12,15H,3-5,10-11,19H2,1-2H3,(H,20,21). The molecule has 4 heteroatoms. The molecule has 0 aliphatic heterocycles. The van der Waals surface area contributed by atoms with Crippen LogP contribution in [0.4, 0.5) is 4.39 Å². The van der Waals surface area contributed by atoms with Crippen LogP contribution in [0.3, 0.4) is 0 Å². The van der Waals surface area contributed by atoms with E-state index in [1.165, 1.54) is 12.1 Å². The van der Waals surface area contributed by atoms with E-state index in [1.807, 2.05) is 13.8 Å². The molecule has 1 aromatic carbocycles. The van der Waals surface area contributed by atoms with Crippen molar-refractivity contribution < 1.29 is 9.18 Å². The number of nitrogens with two attached hydrogens (primary N) is 1. The summed E-state index contributed by atoms with van der Waals surface area (Å²) in [4.78, 5) is 12.2. The maximum Gasteiger partial charge on any atom is 0.223 e. The van der Waals surface area contributed by atoms with Gasteiger partial charge in [-0.25, -0.2) is 4.39 Å². The number of benzene rings is 1. The van der Waals surface area contributed by atoms with Crippen molar-refractivity contribution in [3.8, 4) is 0 Å². The van der Waals surface area contributed by atoms with Crippen LogP contribution in [0.15, 0.2) is 24.3 Å². The first-order valence-electron chi connectivity index (χ1n) is 7.68. The molecule has 1 fully saturated rings. The van der Waals surface area contributed by atoms with Gasteiger partial charge in [-0.3, -0.25) is 4.79 Å². The fraction of sp³-hybridized carbons (Fsp3) is 0.588. The topological polar surface area (TPSA) is 55.1 Å². The zero-order chi connectivity index (χ0) is 15.5. The maximum absolute atomic E-state index is 13.0. The average Bonchev–Trinajstić information content (AvgIpc) is 2.45. The second-order valence-corrected chi connectivity index (χ2v) is 6.73. The second-order valence-electron chi connectivity index (χ2n) is 6.73. The van der Waals surface area contributed by atoms with Crippen molar-refractivity contribution in [1.82, 2.24) is 5.32 Å². The van der Waals surface area contributed by atoms with E-state index in [2.05, 4.69) is 5.32 Å². The lowest BCUT2D eigenvalue weighted by Gasteiger charge is -2.29. The molecule has 2 unspecified atom stereocenters. The fourth-order valence-corrected chi connectivity index (χ4v) is 2.92. The molecule has 0 spiro atoms. The van der Waals surface area contributed by atoms with E-state index in [9.17, 15) is 9.18 Å². The van der Waals surface area contributed by atoms with Crippen LogP contribution in [0, 0.1) is 11.7 Å². The van der Waals surface area contributed by atoms with E-state index in [0.717, 1.165) is 31.2 Å². The Bertz CT molecular complexity index is 484. The quantitative estimate of drug-likeness (QED) is 0.896. The summed E-state index contributed by atoms with van der Waals surface area (Å²) in [6, 6.07) is 6.62.